The van der Waals surface area contributed by atoms with E-state index < -0.39 is 0 Å². The van der Waals surface area contributed by atoms with Crippen LogP contribution in [0.1, 0.15) is 30.9 Å². The van der Waals surface area contributed by atoms with Crippen LogP contribution >= 0.6 is 11.8 Å². The molecule has 2 aliphatic rings. The molecule has 2 atom stereocenters. The zero-order valence-electron chi connectivity index (χ0n) is 10.7. The maximum Gasteiger partial charge on any atom is 0.0800 e. The largest absolute Gasteiger partial charge is 0.374 e. The van der Waals surface area contributed by atoms with Crippen molar-refractivity contribution in [3.8, 4) is 0 Å². The summed E-state index contributed by atoms with van der Waals surface area (Å²) in [5.41, 5.74) is 6.96. The van der Waals surface area contributed by atoms with Gasteiger partial charge in [0, 0.05) is 18.6 Å². The minimum absolute atomic E-state index is 0.133. The van der Waals surface area contributed by atoms with Gasteiger partial charge in [0.05, 0.1) is 17.8 Å². The molecule has 2 unspecified atom stereocenters. The fourth-order valence-electron chi connectivity index (χ4n) is 2.96. The number of ether oxygens (including phenoxy) is 1. The maximum absolute atomic E-state index is 6.05. The third kappa shape index (κ3) is 2.44. The molecule has 2 N–H and O–H groups in total. The van der Waals surface area contributed by atoms with Gasteiger partial charge in [0.25, 0.3) is 0 Å². The SMILES string of the molecule is NCCc1cnn(C2CCOC3(CCSC3)C2)c1. The number of hydrogen-bond donors (Lipinski definition) is 1. The van der Waals surface area contributed by atoms with Crippen molar-refractivity contribution in [1.29, 1.82) is 0 Å². The van der Waals surface area contributed by atoms with Crippen LogP contribution in [0.5, 0.6) is 0 Å². The molecule has 0 aromatic carbocycles. The van der Waals surface area contributed by atoms with E-state index in [2.05, 4.69) is 16.0 Å². The lowest BCUT2D eigenvalue weighted by atomic mass is 9.90. The number of hydrogen-bond acceptors (Lipinski definition) is 4. The minimum Gasteiger partial charge on any atom is -0.374 e. The molecule has 2 aliphatic heterocycles. The lowest BCUT2D eigenvalue weighted by Crippen LogP contribution is -2.40. The number of rotatable bonds is 3. The molecule has 100 valence electrons. The summed E-state index contributed by atoms with van der Waals surface area (Å²) < 4.78 is 8.19. The fraction of sp³-hybridized carbons (Fsp3) is 0.769. The standard InChI is InChI=1S/C13H21N3OS/c14-4-1-11-8-15-16(9-11)12-2-5-17-13(7-12)3-6-18-10-13/h8-9,12H,1-7,10,14H2. The fourth-order valence-corrected chi connectivity index (χ4v) is 4.34. The van der Waals surface area contributed by atoms with Crippen LogP contribution < -0.4 is 5.73 Å². The van der Waals surface area contributed by atoms with Gasteiger partial charge in [0.2, 0.25) is 0 Å². The van der Waals surface area contributed by atoms with E-state index in [4.69, 9.17) is 10.5 Å². The van der Waals surface area contributed by atoms with Crippen molar-refractivity contribution in [2.24, 2.45) is 5.73 Å². The number of aromatic nitrogens is 2. The van der Waals surface area contributed by atoms with E-state index in [0.717, 1.165) is 31.6 Å². The molecule has 1 aromatic rings. The Morgan fingerprint density at radius 1 is 1.61 bits per heavy atom. The first-order chi connectivity index (χ1) is 8.81. The number of nitrogens with zero attached hydrogens (tertiary/aromatic N) is 2. The lowest BCUT2D eigenvalue weighted by Gasteiger charge is -2.37. The quantitative estimate of drug-likeness (QED) is 0.904. The van der Waals surface area contributed by atoms with Gasteiger partial charge in [-0.1, -0.05) is 0 Å². The molecule has 0 saturated carbocycles. The van der Waals surface area contributed by atoms with Crippen molar-refractivity contribution in [3.63, 3.8) is 0 Å². The van der Waals surface area contributed by atoms with Crippen LogP contribution in [0.25, 0.3) is 0 Å². The van der Waals surface area contributed by atoms with Crippen LogP contribution in [0.4, 0.5) is 0 Å². The molecule has 4 nitrogen and oxygen atoms in total. The van der Waals surface area contributed by atoms with Crippen molar-refractivity contribution in [2.75, 3.05) is 24.7 Å². The van der Waals surface area contributed by atoms with Gasteiger partial charge in [-0.05, 0) is 43.5 Å². The van der Waals surface area contributed by atoms with Crippen LogP contribution in [-0.2, 0) is 11.2 Å². The zero-order chi connectivity index (χ0) is 12.4. The third-order valence-corrected chi connectivity index (χ3v) is 5.22. The van der Waals surface area contributed by atoms with Crippen LogP contribution in [0, 0.1) is 0 Å². The Labute approximate surface area is 112 Å². The van der Waals surface area contributed by atoms with E-state index in [0.29, 0.717) is 12.6 Å². The average molecular weight is 267 g/mol. The van der Waals surface area contributed by atoms with Gasteiger partial charge in [-0.25, -0.2) is 0 Å². The Kier molecular flexibility index (Phi) is 3.63. The zero-order valence-corrected chi connectivity index (χ0v) is 11.5. The highest BCUT2D eigenvalue weighted by Crippen LogP contribution is 2.41. The van der Waals surface area contributed by atoms with Gasteiger partial charge in [0.1, 0.15) is 0 Å². The van der Waals surface area contributed by atoms with Crippen LogP contribution in [-0.4, -0.2) is 40.0 Å². The summed E-state index contributed by atoms with van der Waals surface area (Å²) >= 11 is 2.02. The second kappa shape index (κ2) is 5.23. The second-order valence-corrected chi connectivity index (χ2v) is 6.45. The van der Waals surface area contributed by atoms with Gasteiger partial charge in [-0.3, -0.25) is 4.68 Å². The average Bonchev–Trinajstić information content (AvgIpc) is 3.00. The molecule has 1 spiro atoms. The number of thioether (sulfide) groups is 1. The highest BCUT2D eigenvalue weighted by atomic mass is 32.2. The van der Waals surface area contributed by atoms with Gasteiger partial charge >= 0.3 is 0 Å². The molecule has 0 aliphatic carbocycles. The van der Waals surface area contributed by atoms with Crippen molar-refractivity contribution in [1.82, 2.24) is 9.78 Å². The van der Waals surface area contributed by atoms with E-state index in [1.165, 1.54) is 17.7 Å². The third-order valence-electron chi connectivity index (χ3n) is 4.00. The van der Waals surface area contributed by atoms with Crippen molar-refractivity contribution in [3.05, 3.63) is 18.0 Å². The molecule has 0 bridgehead atoms. The van der Waals surface area contributed by atoms with E-state index in [1.807, 2.05) is 18.0 Å². The minimum atomic E-state index is 0.133. The van der Waals surface area contributed by atoms with Crippen molar-refractivity contribution in [2.45, 2.75) is 37.3 Å². The van der Waals surface area contributed by atoms with Crippen molar-refractivity contribution >= 4 is 11.8 Å². The summed E-state index contributed by atoms with van der Waals surface area (Å²) in [4.78, 5) is 0. The topological polar surface area (TPSA) is 53.1 Å². The van der Waals surface area contributed by atoms with E-state index in [-0.39, 0.29) is 5.60 Å². The number of nitrogens with two attached hydrogens (primary N) is 1. The second-order valence-electron chi connectivity index (χ2n) is 5.35. The molecule has 0 radical (unpaired) electrons. The van der Waals surface area contributed by atoms with Gasteiger partial charge in [-0.2, -0.15) is 16.9 Å². The summed E-state index contributed by atoms with van der Waals surface area (Å²) in [6.45, 7) is 1.57. The highest BCUT2D eigenvalue weighted by Gasteiger charge is 2.41. The Hall–Kier alpha value is -0.520. The van der Waals surface area contributed by atoms with Crippen LogP contribution in [0.3, 0.4) is 0 Å². The monoisotopic (exact) mass is 267 g/mol. The molecule has 3 heterocycles. The summed E-state index contributed by atoms with van der Waals surface area (Å²) in [7, 11) is 0. The predicted molar refractivity (Wildman–Crippen MR) is 73.9 cm³/mol. The predicted octanol–water partition coefficient (Wildman–Crippen LogP) is 1.61. The Morgan fingerprint density at radius 2 is 2.56 bits per heavy atom. The molecular formula is C13H21N3OS. The van der Waals surface area contributed by atoms with E-state index in [1.54, 1.807) is 0 Å². The van der Waals surface area contributed by atoms with Crippen LogP contribution in [0.2, 0.25) is 0 Å². The lowest BCUT2D eigenvalue weighted by molar-refractivity contribution is -0.0778. The Morgan fingerprint density at radius 3 is 3.33 bits per heavy atom. The Balaban J connectivity index is 1.71. The molecule has 2 saturated heterocycles. The molecule has 2 fully saturated rings. The highest BCUT2D eigenvalue weighted by molar-refractivity contribution is 7.99. The Bertz CT molecular complexity index is 401. The summed E-state index contributed by atoms with van der Waals surface area (Å²) in [5.74, 6) is 2.39. The summed E-state index contributed by atoms with van der Waals surface area (Å²) in [5, 5.41) is 4.51. The summed E-state index contributed by atoms with van der Waals surface area (Å²) in [6, 6.07) is 0.504. The maximum atomic E-state index is 6.05. The van der Waals surface area contributed by atoms with E-state index in [9.17, 15) is 0 Å². The van der Waals surface area contributed by atoms with Gasteiger partial charge in [-0.15, -0.1) is 0 Å². The normalized spacial score (nSPS) is 32.2. The smallest absolute Gasteiger partial charge is 0.0800 e. The molecule has 1 aromatic heterocycles. The van der Waals surface area contributed by atoms with Crippen molar-refractivity contribution < 1.29 is 4.74 Å². The summed E-state index contributed by atoms with van der Waals surface area (Å²) in [6.07, 6.45) is 8.44. The van der Waals surface area contributed by atoms with Gasteiger partial charge in [0.15, 0.2) is 0 Å². The molecule has 0 amide bonds. The molecule has 3 rings (SSSR count). The van der Waals surface area contributed by atoms with E-state index >= 15 is 0 Å². The molecular weight excluding hydrogens is 246 g/mol. The van der Waals surface area contributed by atoms with Gasteiger partial charge < -0.3 is 10.5 Å². The molecule has 18 heavy (non-hydrogen) atoms. The first-order valence-corrected chi connectivity index (χ1v) is 7.92. The molecule has 5 heteroatoms. The first kappa shape index (κ1) is 12.5. The first-order valence-electron chi connectivity index (χ1n) is 6.76. The van der Waals surface area contributed by atoms with Crippen LogP contribution in [0.15, 0.2) is 12.4 Å².